The lowest BCUT2D eigenvalue weighted by molar-refractivity contribution is 0.324. The van der Waals surface area contributed by atoms with E-state index in [0.29, 0.717) is 34.3 Å². The summed E-state index contributed by atoms with van der Waals surface area (Å²) in [6.45, 7) is 1.87. The molecular weight excluding hydrogens is 402 g/mol. The Morgan fingerprint density at radius 3 is 2.29 bits per heavy atom. The van der Waals surface area contributed by atoms with Gasteiger partial charge in [-0.25, -0.2) is 4.68 Å². The number of ether oxygens (including phenoxy) is 4. The molecule has 10 heteroatoms. The molecule has 4 rings (SSSR count). The summed E-state index contributed by atoms with van der Waals surface area (Å²) in [7, 11) is 6.24. The molecule has 160 valence electrons. The molecule has 0 bridgehead atoms. The quantitative estimate of drug-likeness (QED) is 0.442. The molecule has 2 aromatic heterocycles. The van der Waals surface area contributed by atoms with Crippen LogP contribution < -0.4 is 18.9 Å². The fourth-order valence-electron chi connectivity index (χ4n) is 3.16. The van der Waals surface area contributed by atoms with Gasteiger partial charge in [-0.1, -0.05) is 16.4 Å². The Kier molecular flexibility index (Phi) is 5.44. The van der Waals surface area contributed by atoms with Crippen LogP contribution in [0.3, 0.4) is 0 Å². The summed E-state index contributed by atoms with van der Waals surface area (Å²) < 4.78 is 28.6. The molecule has 0 saturated heterocycles. The van der Waals surface area contributed by atoms with Crippen LogP contribution in [-0.4, -0.2) is 53.6 Å². The number of methoxy groups -OCH3 is 4. The highest BCUT2D eigenvalue weighted by Gasteiger charge is 2.21. The molecule has 0 aliphatic carbocycles. The van der Waals surface area contributed by atoms with E-state index in [0.717, 1.165) is 17.1 Å². The average Bonchev–Trinajstić information content (AvgIpc) is 3.44. The average molecular weight is 423 g/mol. The van der Waals surface area contributed by atoms with Crippen molar-refractivity contribution < 1.29 is 23.5 Å². The lowest BCUT2D eigenvalue weighted by Crippen LogP contribution is -1.99. The van der Waals surface area contributed by atoms with Crippen LogP contribution >= 0.6 is 0 Å². The second-order valence-electron chi connectivity index (χ2n) is 6.47. The normalized spacial score (nSPS) is 10.7. The van der Waals surface area contributed by atoms with E-state index in [9.17, 15) is 0 Å². The van der Waals surface area contributed by atoms with Crippen LogP contribution in [0.5, 0.6) is 23.0 Å². The zero-order chi connectivity index (χ0) is 22.0. The van der Waals surface area contributed by atoms with Crippen molar-refractivity contribution in [2.75, 3.05) is 28.4 Å². The molecule has 0 saturated carbocycles. The third-order valence-corrected chi connectivity index (χ3v) is 4.74. The predicted molar refractivity (Wildman–Crippen MR) is 111 cm³/mol. The van der Waals surface area contributed by atoms with Gasteiger partial charge in [0.15, 0.2) is 17.2 Å². The van der Waals surface area contributed by atoms with E-state index in [4.69, 9.17) is 23.5 Å². The first-order valence-corrected chi connectivity index (χ1v) is 9.30. The summed E-state index contributed by atoms with van der Waals surface area (Å²) in [5.41, 5.74) is 2.67. The van der Waals surface area contributed by atoms with E-state index in [1.807, 2.05) is 31.2 Å². The number of nitrogens with zero attached hydrogens (tertiary/aromatic N) is 5. The van der Waals surface area contributed by atoms with Crippen molar-refractivity contribution >= 4 is 0 Å². The molecule has 4 aromatic rings. The number of rotatable bonds is 7. The monoisotopic (exact) mass is 423 g/mol. The lowest BCUT2D eigenvalue weighted by atomic mass is 10.1. The van der Waals surface area contributed by atoms with Crippen molar-refractivity contribution in [2.45, 2.75) is 6.92 Å². The number of benzene rings is 2. The van der Waals surface area contributed by atoms with Gasteiger partial charge in [-0.3, -0.25) is 0 Å². The predicted octanol–water partition coefficient (Wildman–Crippen LogP) is 3.33. The van der Waals surface area contributed by atoms with Crippen LogP contribution in [0.15, 0.2) is 40.9 Å². The maximum absolute atomic E-state index is 5.47. The Morgan fingerprint density at radius 1 is 0.903 bits per heavy atom. The summed E-state index contributed by atoms with van der Waals surface area (Å²) in [4.78, 5) is 4.49. The summed E-state index contributed by atoms with van der Waals surface area (Å²) in [5.74, 6) is 2.78. The number of aromatic nitrogens is 5. The Morgan fingerprint density at radius 2 is 1.65 bits per heavy atom. The van der Waals surface area contributed by atoms with Crippen LogP contribution in [0.1, 0.15) is 5.69 Å². The number of hydrogen-bond acceptors (Lipinski definition) is 9. The zero-order valence-corrected chi connectivity index (χ0v) is 17.7. The lowest BCUT2D eigenvalue weighted by Gasteiger charge is -2.12. The van der Waals surface area contributed by atoms with Gasteiger partial charge >= 0.3 is 0 Å². The first kappa shape index (κ1) is 20.2. The van der Waals surface area contributed by atoms with Gasteiger partial charge in [-0.15, -0.1) is 5.10 Å². The molecule has 0 spiro atoms. The summed E-state index contributed by atoms with van der Waals surface area (Å²) in [6.07, 6.45) is 0. The fraction of sp³-hybridized carbons (Fsp3) is 0.238. The molecule has 0 amide bonds. The van der Waals surface area contributed by atoms with E-state index < -0.39 is 0 Å². The molecule has 0 radical (unpaired) electrons. The summed E-state index contributed by atoms with van der Waals surface area (Å²) >= 11 is 0. The second kappa shape index (κ2) is 8.34. The molecule has 0 aliphatic rings. The topological polar surface area (TPSA) is 107 Å². The van der Waals surface area contributed by atoms with Gasteiger partial charge in [0.25, 0.3) is 5.89 Å². The molecule has 0 N–H and O–H groups in total. The van der Waals surface area contributed by atoms with Crippen molar-refractivity contribution in [2.24, 2.45) is 0 Å². The van der Waals surface area contributed by atoms with E-state index in [-0.39, 0.29) is 5.89 Å². The standard InChI is InChI=1S/C21H21N5O5/c1-12-18(23-25-26(12)14-7-6-8-15(11-14)27-2)21-22-20(24-31-21)13-9-16(28-3)19(30-5)17(10-13)29-4/h6-11H,1-5H3. The Balaban J connectivity index is 1.71. The van der Waals surface area contributed by atoms with Crippen LogP contribution in [0.2, 0.25) is 0 Å². The van der Waals surface area contributed by atoms with Gasteiger partial charge in [-0.05, 0) is 31.2 Å². The van der Waals surface area contributed by atoms with Crippen LogP contribution in [0.4, 0.5) is 0 Å². The van der Waals surface area contributed by atoms with Crippen molar-refractivity contribution in [3.8, 4) is 51.7 Å². The van der Waals surface area contributed by atoms with Crippen LogP contribution in [0, 0.1) is 6.92 Å². The Hall–Kier alpha value is -4.08. The zero-order valence-electron chi connectivity index (χ0n) is 17.7. The highest BCUT2D eigenvalue weighted by molar-refractivity contribution is 5.67. The molecule has 0 fully saturated rings. The minimum Gasteiger partial charge on any atom is -0.497 e. The highest BCUT2D eigenvalue weighted by atomic mass is 16.5. The number of hydrogen-bond donors (Lipinski definition) is 0. The first-order valence-electron chi connectivity index (χ1n) is 9.30. The Bertz CT molecular complexity index is 1190. The second-order valence-corrected chi connectivity index (χ2v) is 6.47. The van der Waals surface area contributed by atoms with E-state index in [1.165, 1.54) is 0 Å². The van der Waals surface area contributed by atoms with E-state index >= 15 is 0 Å². The van der Waals surface area contributed by atoms with Gasteiger partial charge < -0.3 is 23.5 Å². The smallest absolute Gasteiger partial charge is 0.280 e. The molecule has 2 heterocycles. The van der Waals surface area contributed by atoms with Crippen LogP contribution in [-0.2, 0) is 0 Å². The van der Waals surface area contributed by atoms with Gasteiger partial charge in [0.1, 0.15) is 5.75 Å². The van der Waals surface area contributed by atoms with Gasteiger partial charge in [0.05, 0.1) is 39.8 Å². The van der Waals surface area contributed by atoms with Crippen LogP contribution in [0.25, 0.3) is 28.7 Å². The Labute approximate surface area is 178 Å². The third-order valence-electron chi connectivity index (χ3n) is 4.74. The first-order chi connectivity index (χ1) is 15.1. The maximum atomic E-state index is 5.47. The van der Waals surface area contributed by atoms with Gasteiger partial charge in [0.2, 0.25) is 11.6 Å². The van der Waals surface area contributed by atoms with Crippen molar-refractivity contribution in [1.82, 2.24) is 25.1 Å². The summed E-state index contributed by atoms with van der Waals surface area (Å²) in [6, 6.07) is 11.0. The fourth-order valence-corrected chi connectivity index (χ4v) is 3.16. The van der Waals surface area contributed by atoms with E-state index in [1.54, 1.807) is 45.3 Å². The molecule has 31 heavy (non-hydrogen) atoms. The van der Waals surface area contributed by atoms with E-state index in [2.05, 4.69) is 20.5 Å². The summed E-state index contributed by atoms with van der Waals surface area (Å²) in [5, 5.41) is 12.5. The SMILES string of the molecule is COc1cccc(-n2nnc(-c3nc(-c4cc(OC)c(OC)c(OC)c4)no3)c2C)c1. The minimum atomic E-state index is 0.246. The minimum absolute atomic E-state index is 0.246. The van der Waals surface area contributed by atoms with Gasteiger partial charge in [0, 0.05) is 11.6 Å². The molecular formula is C21H21N5O5. The van der Waals surface area contributed by atoms with Crippen molar-refractivity contribution in [3.05, 3.63) is 42.1 Å². The molecule has 10 nitrogen and oxygen atoms in total. The molecule has 0 aliphatic heterocycles. The molecule has 0 atom stereocenters. The van der Waals surface area contributed by atoms with Crippen molar-refractivity contribution in [1.29, 1.82) is 0 Å². The molecule has 2 aromatic carbocycles. The molecule has 0 unspecified atom stereocenters. The largest absolute Gasteiger partial charge is 0.497 e. The van der Waals surface area contributed by atoms with Gasteiger partial charge in [-0.2, -0.15) is 4.98 Å². The third kappa shape index (κ3) is 3.63. The highest BCUT2D eigenvalue weighted by Crippen LogP contribution is 2.40. The van der Waals surface area contributed by atoms with Crippen molar-refractivity contribution in [3.63, 3.8) is 0 Å². The maximum Gasteiger partial charge on any atom is 0.280 e.